The number of hydrogen-bond acceptors (Lipinski definition) is 3. The Labute approximate surface area is 50.0 Å². The Morgan fingerprint density at radius 1 is 1.75 bits per heavy atom. The van der Waals surface area contributed by atoms with Crippen LogP contribution in [0.15, 0.2) is 12.7 Å². The van der Waals surface area contributed by atoms with Crippen molar-refractivity contribution in [2.45, 2.75) is 0 Å². The van der Waals surface area contributed by atoms with Crippen LogP contribution in [0.5, 0.6) is 0 Å². The lowest BCUT2D eigenvalue weighted by molar-refractivity contribution is -0.134. The molecule has 0 atom stereocenters. The number of carbonyl (C=O) groups excluding carboxylic acids is 1. The number of methoxy groups -OCH3 is 1. The van der Waals surface area contributed by atoms with E-state index >= 15 is 0 Å². The molecule has 0 bridgehead atoms. The summed E-state index contributed by atoms with van der Waals surface area (Å²) in [7, 11) is 3.03. The lowest BCUT2D eigenvalue weighted by Gasteiger charge is -1.83. The zero-order valence-corrected chi connectivity index (χ0v) is 5.51. The highest BCUT2D eigenvalue weighted by Crippen LogP contribution is 1.67. The Kier molecular flexibility index (Phi) is 12.4. The second-order valence-corrected chi connectivity index (χ2v) is 0.727. The van der Waals surface area contributed by atoms with Crippen molar-refractivity contribution in [3.8, 4) is 0 Å². The molecule has 0 aliphatic carbocycles. The van der Waals surface area contributed by atoms with Gasteiger partial charge in [-0.2, -0.15) is 0 Å². The summed E-state index contributed by atoms with van der Waals surface area (Å²) in [6.45, 7) is 3.16. The summed E-state index contributed by atoms with van der Waals surface area (Å²) in [5, 5.41) is 0. The van der Waals surface area contributed by atoms with Gasteiger partial charge in [0.15, 0.2) is 0 Å². The van der Waals surface area contributed by atoms with E-state index in [4.69, 9.17) is 4.57 Å². The molecule has 0 aromatic heterocycles. The van der Waals surface area contributed by atoms with Gasteiger partial charge in [-0.25, -0.2) is 4.79 Å². The van der Waals surface area contributed by atoms with Crippen LogP contribution >= 0.6 is 9.12 Å². The van der Waals surface area contributed by atoms with Gasteiger partial charge in [-0.15, -0.1) is 0 Å². The minimum atomic E-state index is -0.394. The van der Waals surface area contributed by atoms with Gasteiger partial charge in [0.2, 0.25) is 0 Å². The van der Waals surface area contributed by atoms with Crippen molar-refractivity contribution in [2.24, 2.45) is 0 Å². The van der Waals surface area contributed by atoms with E-state index in [1.807, 2.05) is 0 Å². The molecule has 46 valence electrons. The molecule has 0 spiro atoms. The highest BCUT2D eigenvalue weighted by atomic mass is 31.0. The van der Waals surface area contributed by atoms with Crippen molar-refractivity contribution < 1.29 is 14.1 Å². The fourth-order valence-electron chi connectivity index (χ4n) is 0.0833. The summed E-state index contributed by atoms with van der Waals surface area (Å²) < 4.78 is 12.2. The largest absolute Gasteiger partial charge is 0.466 e. The van der Waals surface area contributed by atoms with Crippen LogP contribution in [0.4, 0.5) is 0 Å². The molecule has 0 amide bonds. The van der Waals surface area contributed by atoms with Gasteiger partial charge in [-0.05, 0) is 0 Å². The van der Waals surface area contributed by atoms with Gasteiger partial charge in [0.25, 0.3) is 0 Å². The van der Waals surface area contributed by atoms with E-state index in [2.05, 4.69) is 11.3 Å². The predicted molar refractivity (Wildman–Crippen MR) is 31.2 cm³/mol. The summed E-state index contributed by atoms with van der Waals surface area (Å²) in [6.07, 6.45) is 1.11. The highest BCUT2D eigenvalue weighted by Gasteiger charge is 1.81. The molecule has 3 nitrogen and oxygen atoms in total. The summed E-state index contributed by atoms with van der Waals surface area (Å²) in [6, 6.07) is 0. The Morgan fingerprint density at radius 3 is 2.12 bits per heavy atom. The Hall–Kier alpha value is -0.690. The van der Waals surface area contributed by atoms with Crippen LogP contribution in [0, 0.1) is 0 Å². The maximum atomic E-state index is 9.84. The third-order valence-electron chi connectivity index (χ3n) is 0.368. The van der Waals surface area contributed by atoms with Crippen molar-refractivity contribution in [2.75, 3.05) is 7.11 Å². The zero-order valence-electron chi connectivity index (χ0n) is 4.51. The first kappa shape index (κ1) is 10.3. The molecule has 0 aliphatic heterocycles. The topological polar surface area (TPSA) is 43.4 Å². The number of rotatable bonds is 1. The maximum absolute atomic E-state index is 9.84. The van der Waals surface area contributed by atoms with E-state index < -0.39 is 5.97 Å². The second-order valence-electron chi connectivity index (χ2n) is 0.727. The summed E-state index contributed by atoms with van der Waals surface area (Å²) in [5.41, 5.74) is 0. The van der Waals surface area contributed by atoms with Gasteiger partial charge < -0.3 is 4.74 Å². The quantitative estimate of drug-likeness (QED) is 0.303. The first-order valence-electron chi connectivity index (χ1n) is 1.72. The Balaban J connectivity index is 0. The molecule has 0 rings (SSSR count). The van der Waals surface area contributed by atoms with Crippen LogP contribution in [0.3, 0.4) is 0 Å². The zero-order chi connectivity index (χ0) is 6.99. The van der Waals surface area contributed by atoms with Crippen molar-refractivity contribution in [3.63, 3.8) is 0 Å². The van der Waals surface area contributed by atoms with Gasteiger partial charge in [-0.1, -0.05) is 6.58 Å². The van der Waals surface area contributed by atoms with Crippen LogP contribution in [0.1, 0.15) is 0 Å². The van der Waals surface area contributed by atoms with Crippen LogP contribution < -0.4 is 0 Å². The highest BCUT2D eigenvalue weighted by molar-refractivity contribution is 7.00. The SMILES string of the molecule is C=CC(=O)OC.O=P. The minimum Gasteiger partial charge on any atom is -0.466 e. The molecular weight excluding hydrogens is 127 g/mol. The number of esters is 1. The summed E-state index contributed by atoms with van der Waals surface area (Å²) in [4.78, 5) is 9.84. The van der Waals surface area contributed by atoms with Crippen LogP contribution in [-0.4, -0.2) is 13.1 Å². The molecular formula is C4H7O3P. The van der Waals surface area contributed by atoms with Crippen molar-refractivity contribution in [3.05, 3.63) is 12.7 Å². The normalized spacial score (nSPS) is 5.62. The Bertz CT molecular complexity index is 81.4. The molecule has 0 aromatic rings. The van der Waals surface area contributed by atoms with Crippen molar-refractivity contribution in [1.29, 1.82) is 0 Å². The molecule has 0 fully saturated rings. The first-order valence-corrected chi connectivity index (χ1v) is 2.13. The molecule has 0 N–H and O–H groups in total. The molecule has 0 aliphatic rings. The lowest BCUT2D eigenvalue weighted by Crippen LogP contribution is -1.91. The summed E-state index contributed by atoms with van der Waals surface area (Å²) in [5.74, 6) is -0.394. The average molecular weight is 134 g/mol. The lowest BCUT2D eigenvalue weighted by atomic mass is 10.7. The van der Waals surface area contributed by atoms with Gasteiger partial charge in [0, 0.05) is 6.08 Å². The van der Waals surface area contributed by atoms with Gasteiger partial charge in [0.05, 0.1) is 7.11 Å². The fourth-order valence-corrected chi connectivity index (χ4v) is 0.0833. The van der Waals surface area contributed by atoms with E-state index in [-0.39, 0.29) is 0 Å². The third-order valence-corrected chi connectivity index (χ3v) is 0.368. The van der Waals surface area contributed by atoms with Gasteiger partial charge >= 0.3 is 5.97 Å². The maximum Gasteiger partial charge on any atom is 0.329 e. The van der Waals surface area contributed by atoms with Crippen LogP contribution in [0.25, 0.3) is 0 Å². The average Bonchev–Trinajstić information content (AvgIpc) is 1.91. The molecule has 8 heavy (non-hydrogen) atoms. The number of ether oxygens (including phenoxy) is 1. The number of carbonyl (C=O) groups is 1. The molecule has 0 saturated carbocycles. The Morgan fingerprint density at radius 2 is 2.12 bits per heavy atom. The monoisotopic (exact) mass is 134 g/mol. The van der Waals surface area contributed by atoms with Gasteiger partial charge in [0.1, 0.15) is 9.12 Å². The summed E-state index contributed by atoms with van der Waals surface area (Å²) >= 11 is 0. The molecule has 0 aromatic carbocycles. The predicted octanol–water partition coefficient (Wildman–Crippen LogP) is 0.820. The molecule has 0 radical (unpaired) electrons. The number of hydrogen-bond donors (Lipinski definition) is 0. The molecule has 0 saturated heterocycles. The standard InChI is InChI=1S/C4H6O2.HOP/c1-3-4(5)6-2;1-2/h3H,1H2,2H3;2H. The molecule has 0 heterocycles. The van der Waals surface area contributed by atoms with Gasteiger partial charge in [-0.3, -0.25) is 4.57 Å². The van der Waals surface area contributed by atoms with E-state index in [0.29, 0.717) is 0 Å². The first-order chi connectivity index (χ1) is 3.81. The molecule has 4 heteroatoms. The minimum absolute atomic E-state index is 0.394. The fraction of sp³-hybridized carbons (Fsp3) is 0.250. The second kappa shape index (κ2) is 9.58. The van der Waals surface area contributed by atoms with Crippen molar-refractivity contribution >= 4 is 15.1 Å². The third kappa shape index (κ3) is 9.00. The van der Waals surface area contributed by atoms with Crippen LogP contribution in [0.2, 0.25) is 0 Å². The smallest absolute Gasteiger partial charge is 0.329 e. The van der Waals surface area contributed by atoms with Crippen molar-refractivity contribution in [1.82, 2.24) is 0 Å². The molecule has 0 unspecified atom stereocenters. The van der Waals surface area contributed by atoms with E-state index in [0.717, 1.165) is 6.08 Å². The van der Waals surface area contributed by atoms with E-state index in [9.17, 15) is 4.79 Å². The van der Waals surface area contributed by atoms with E-state index in [1.54, 1.807) is 9.12 Å². The van der Waals surface area contributed by atoms with E-state index in [1.165, 1.54) is 7.11 Å². The van der Waals surface area contributed by atoms with Crippen LogP contribution in [-0.2, 0) is 14.1 Å².